The van der Waals surface area contributed by atoms with Crippen LogP contribution in [0.2, 0.25) is 0 Å². The Balaban J connectivity index is 1.59. The molecule has 7 nitrogen and oxygen atoms in total. The van der Waals surface area contributed by atoms with Crippen molar-refractivity contribution in [3.05, 3.63) is 70.9 Å². The smallest absolute Gasteiger partial charge is 0.231 e. The van der Waals surface area contributed by atoms with E-state index in [0.29, 0.717) is 37.1 Å². The Morgan fingerprint density at radius 2 is 1.97 bits per heavy atom. The fourth-order valence-corrected chi connectivity index (χ4v) is 4.14. The van der Waals surface area contributed by atoms with Gasteiger partial charge in [0.2, 0.25) is 11.3 Å². The van der Waals surface area contributed by atoms with Crippen LogP contribution in [0.1, 0.15) is 27.9 Å². The summed E-state index contributed by atoms with van der Waals surface area (Å²) in [6.07, 6.45) is 2.50. The van der Waals surface area contributed by atoms with Crippen LogP contribution in [-0.2, 0) is 22.4 Å². The molecule has 1 atom stereocenters. The van der Waals surface area contributed by atoms with Crippen LogP contribution in [0.4, 0.5) is 14.5 Å². The zero-order valence-corrected chi connectivity index (χ0v) is 18.5. The lowest BCUT2D eigenvalue weighted by molar-refractivity contribution is 0.103. The van der Waals surface area contributed by atoms with E-state index >= 15 is 0 Å². The van der Waals surface area contributed by atoms with Crippen LogP contribution >= 0.6 is 0 Å². The number of hydrogen-bond acceptors (Lipinski definition) is 5. The van der Waals surface area contributed by atoms with Crippen LogP contribution in [0.25, 0.3) is 10.9 Å². The average Bonchev–Trinajstić information content (AvgIpc) is 2.83. The van der Waals surface area contributed by atoms with E-state index in [9.17, 15) is 17.8 Å². The summed E-state index contributed by atoms with van der Waals surface area (Å²) in [6.45, 7) is 2.96. The van der Waals surface area contributed by atoms with E-state index < -0.39 is 28.7 Å². The summed E-state index contributed by atoms with van der Waals surface area (Å²) >= 11 is -2.14. The number of carbonyl (C=O) groups excluding carboxylic acids is 1. The minimum atomic E-state index is -2.14. The first-order valence-electron chi connectivity index (χ1n) is 10.5. The maximum Gasteiger partial charge on any atom is 0.231 e. The highest BCUT2D eigenvalue weighted by atomic mass is 32.2. The van der Waals surface area contributed by atoms with Gasteiger partial charge in [0.25, 0.3) is 0 Å². The van der Waals surface area contributed by atoms with Crippen LogP contribution in [-0.4, -0.2) is 52.4 Å². The van der Waals surface area contributed by atoms with E-state index in [2.05, 4.69) is 14.6 Å². The summed E-state index contributed by atoms with van der Waals surface area (Å²) in [5, 5.41) is 0.727. The summed E-state index contributed by atoms with van der Waals surface area (Å²) in [4.78, 5) is 19.7. The molecule has 2 aromatic carbocycles. The molecule has 1 aliphatic rings. The maximum atomic E-state index is 14.5. The van der Waals surface area contributed by atoms with Gasteiger partial charge in [-0.15, -0.1) is 0 Å². The number of halogens is 2. The summed E-state index contributed by atoms with van der Waals surface area (Å²) in [6, 6.07) is 9.18. The zero-order chi connectivity index (χ0) is 23.4. The molecule has 3 aromatic rings. The lowest BCUT2D eigenvalue weighted by Crippen LogP contribution is -2.36. The number of pyridine rings is 1. The number of carbonyl (C=O) groups is 1. The second-order valence-electron chi connectivity index (χ2n) is 7.72. The van der Waals surface area contributed by atoms with E-state index in [4.69, 9.17) is 9.29 Å². The van der Waals surface area contributed by atoms with Crippen molar-refractivity contribution in [1.82, 2.24) is 9.71 Å². The van der Waals surface area contributed by atoms with E-state index in [1.807, 2.05) is 6.07 Å². The number of nitrogens with one attached hydrogen (secondary N) is 1. The molecule has 33 heavy (non-hydrogen) atoms. The quantitative estimate of drug-likeness (QED) is 0.295. The summed E-state index contributed by atoms with van der Waals surface area (Å²) < 4.78 is 55.8. The number of hydrogen-bond donors (Lipinski definition) is 2. The fraction of sp³-hybridized carbons (Fsp3) is 0.304. The molecule has 1 aromatic heterocycles. The predicted octanol–water partition coefficient (Wildman–Crippen LogP) is 3.24. The standard InChI is InChI=1S/C23H23F2N3O4S/c24-20-11-15(2-1-5-27-33(30)31)10-19(22(20)25)23(29)16-3-4-21-17(12-16)13-18(14-26-21)28-6-8-32-9-7-28/h3-4,10-14,27H,1-2,5-9H2,(H,30,31). The largest absolute Gasteiger partial charge is 0.378 e. The second kappa shape index (κ2) is 10.4. The highest BCUT2D eigenvalue weighted by Gasteiger charge is 2.20. The molecule has 0 radical (unpaired) electrons. The third-order valence-electron chi connectivity index (χ3n) is 5.51. The SMILES string of the molecule is O=C(c1ccc2ncc(N3CCOCC3)cc2c1)c1cc(CCCNS(=O)O)cc(F)c1F. The predicted molar refractivity (Wildman–Crippen MR) is 122 cm³/mol. The first kappa shape index (κ1) is 23.4. The van der Waals surface area contributed by atoms with E-state index in [1.165, 1.54) is 6.07 Å². The Morgan fingerprint density at radius 1 is 1.18 bits per heavy atom. The molecular formula is C23H23F2N3O4S. The first-order chi connectivity index (χ1) is 15.9. The first-order valence-corrected chi connectivity index (χ1v) is 11.6. The lowest BCUT2D eigenvalue weighted by atomic mass is 9.97. The highest BCUT2D eigenvalue weighted by Crippen LogP contribution is 2.25. The molecule has 1 saturated heterocycles. The highest BCUT2D eigenvalue weighted by molar-refractivity contribution is 7.77. The normalized spacial score (nSPS) is 15.1. The van der Waals surface area contributed by atoms with E-state index in [1.54, 1.807) is 24.4 Å². The third-order valence-corrected chi connectivity index (χ3v) is 5.96. The average molecular weight is 476 g/mol. The topological polar surface area (TPSA) is 91.8 Å². The number of fused-ring (bicyclic) bond motifs is 1. The van der Waals surface area contributed by atoms with Crippen molar-refractivity contribution in [2.24, 2.45) is 0 Å². The van der Waals surface area contributed by atoms with Crippen molar-refractivity contribution in [2.45, 2.75) is 12.8 Å². The van der Waals surface area contributed by atoms with Gasteiger partial charge in [0.15, 0.2) is 17.4 Å². The number of morpholine rings is 1. The Hall–Kier alpha value is -2.79. The van der Waals surface area contributed by atoms with Crippen molar-refractivity contribution >= 4 is 33.6 Å². The number of rotatable bonds is 8. The third kappa shape index (κ3) is 5.59. The molecule has 2 heterocycles. The van der Waals surface area contributed by atoms with Crippen molar-refractivity contribution in [2.75, 3.05) is 37.7 Å². The van der Waals surface area contributed by atoms with Crippen LogP contribution < -0.4 is 9.62 Å². The number of anilines is 1. The Morgan fingerprint density at radius 3 is 2.73 bits per heavy atom. The molecule has 1 unspecified atom stereocenters. The van der Waals surface area contributed by atoms with Gasteiger partial charge < -0.3 is 9.64 Å². The van der Waals surface area contributed by atoms with Crippen LogP contribution in [0.5, 0.6) is 0 Å². The van der Waals surface area contributed by atoms with Crippen LogP contribution in [0, 0.1) is 11.6 Å². The number of aryl methyl sites for hydroxylation is 1. The molecule has 1 fully saturated rings. The van der Waals surface area contributed by atoms with Gasteiger partial charge in [0, 0.05) is 30.6 Å². The van der Waals surface area contributed by atoms with Gasteiger partial charge in [-0.3, -0.25) is 14.3 Å². The fourth-order valence-electron chi connectivity index (χ4n) is 3.82. The molecule has 174 valence electrons. The van der Waals surface area contributed by atoms with Gasteiger partial charge in [-0.25, -0.2) is 17.7 Å². The van der Waals surface area contributed by atoms with Crippen molar-refractivity contribution < 1.29 is 27.1 Å². The number of ether oxygens (including phenoxy) is 1. The summed E-state index contributed by atoms with van der Waals surface area (Å²) in [7, 11) is 0. The molecule has 1 aliphatic heterocycles. The molecule has 0 saturated carbocycles. The molecule has 0 spiro atoms. The monoisotopic (exact) mass is 475 g/mol. The van der Waals surface area contributed by atoms with Gasteiger partial charge in [-0.2, -0.15) is 0 Å². The second-order valence-corrected chi connectivity index (χ2v) is 8.50. The molecule has 0 bridgehead atoms. The van der Waals surface area contributed by atoms with Gasteiger partial charge in [0.05, 0.1) is 36.2 Å². The molecule has 0 amide bonds. The van der Waals surface area contributed by atoms with E-state index in [-0.39, 0.29) is 17.7 Å². The number of ketones is 1. The molecule has 10 heteroatoms. The van der Waals surface area contributed by atoms with Crippen LogP contribution in [0.15, 0.2) is 42.6 Å². The summed E-state index contributed by atoms with van der Waals surface area (Å²) in [5.41, 5.74) is 1.92. The minimum absolute atomic E-state index is 0.217. The Bertz CT molecular complexity index is 1200. The van der Waals surface area contributed by atoms with Crippen molar-refractivity contribution in [1.29, 1.82) is 0 Å². The van der Waals surface area contributed by atoms with E-state index in [0.717, 1.165) is 30.2 Å². The van der Waals surface area contributed by atoms with Gasteiger partial charge in [-0.05, 0) is 54.8 Å². The van der Waals surface area contributed by atoms with Crippen molar-refractivity contribution in [3.63, 3.8) is 0 Å². The van der Waals surface area contributed by atoms with Gasteiger partial charge in [-0.1, -0.05) is 0 Å². The number of nitrogens with zero attached hydrogens (tertiary/aromatic N) is 2. The van der Waals surface area contributed by atoms with Crippen LogP contribution in [0.3, 0.4) is 0 Å². The van der Waals surface area contributed by atoms with Gasteiger partial charge >= 0.3 is 0 Å². The maximum absolute atomic E-state index is 14.5. The summed E-state index contributed by atoms with van der Waals surface area (Å²) in [5.74, 6) is -2.92. The lowest BCUT2D eigenvalue weighted by Gasteiger charge is -2.28. The molecule has 0 aliphatic carbocycles. The Labute approximate surface area is 192 Å². The van der Waals surface area contributed by atoms with Gasteiger partial charge in [0.1, 0.15) is 0 Å². The Kier molecular flexibility index (Phi) is 7.39. The molecule has 2 N–H and O–H groups in total. The number of aromatic nitrogens is 1. The minimum Gasteiger partial charge on any atom is -0.378 e. The van der Waals surface area contributed by atoms with Crippen molar-refractivity contribution in [3.8, 4) is 0 Å². The number of benzene rings is 2. The zero-order valence-electron chi connectivity index (χ0n) is 17.7. The molecular weight excluding hydrogens is 452 g/mol. The molecule has 4 rings (SSSR count).